The predicted octanol–water partition coefficient (Wildman–Crippen LogP) is 1.17. The van der Waals surface area contributed by atoms with Crippen LogP contribution >= 0.6 is 0 Å². The fourth-order valence-electron chi connectivity index (χ4n) is 5.75. The van der Waals surface area contributed by atoms with E-state index < -0.39 is 60.5 Å². The minimum atomic E-state index is -2.14. The van der Waals surface area contributed by atoms with Gasteiger partial charge < -0.3 is 66.9 Å². The standard InChI is InChI=1S/C24H37N3O10.C21H35N3O3/c1-3-4-5-12-25-22(32)17(27-21(31)14(2)26-18(28)10-11-19(29)30)13-15-6-8-16(9-7-15)37-20(23(33)34)24(35)36;1-6-7-8-13-23-21(26)19(24-20(25)16(4)22-5)14-17-9-11-18(12-10-17)27-15(2)3/h6-9,14,17,20,23-24,33-36H,3-5,10-13H2,1-2H3,(H,25,32)(H,26,28)(H,27,31)(H,29,30);9-12,15-16,19,22H,6-8,13-14H2,1-5H3,(H,23,26)(H,24,25). The highest BCUT2D eigenvalue weighted by molar-refractivity contribution is 5.92. The van der Waals surface area contributed by atoms with Crippen molar-refractivity contribution in [3.8, 4) is 11.5 Å². The highest BCUT2D eigenvalue weighted by Crippen LogP contribution is 2.18. The Morgan fingerprint density at radius 3 is 1.36 bits per heavy atom. The van der Waals surface area contributed by atoms with E-state index in [1.807, 2.05) is 45.0 Å². The molecule has 0 fully saturated rings. The first-order chi connectivity index (χ1) is 30.3. The Bertz CT molecular complexity index is 1680. The summed E-state index contributed by atoms with van der Waals surface area (Å²) in [7, 11) is 1.72. The molecule has 0 heterocycles. The van der Waals surface area contributed by atoms with Crippen molar-refractivity contribution in [2.45, 2.75) is 155 Å². The Morgan fingerprint density at radius 2 is 0.984 bits per heavy atom. The Kier molecular flexibility index (Phi) is 27.9. The summed E-state index contributed by atoms with van der Waals surface area (Å²) in [6, 6.07) is 10.6. The fourth-order valence-corrected chi connectivity index (χ4v) is 5.75. The summed E-state index contributed by atoms with van der Waals surface area (Å²) in [5, 5.41) is 61.9. The fraction of sp³-hybridized carbons (Fsp3) is 0.600. The number of rotatable bonds is 29. The van der Waals surface area contributed by atoms with Crippen LogP contribution in [0.4, 0.5) is 0 Å². The second-order valence-electron chi connectivity index (χ2n) is 15.6. The normalized spacial score (nSPS) is 12.9. The maximum absolute atomic E-state index is 12.8. The zero-order chi connectivity index (χ0) is 48.2. The van der Waals surface area contributed by atoms with Crippen LogP contribution in [0.25, 0.3) is 0 Å². The Morgan fingerprint density at radius 1 is 0.562 bits per heavy atom. The van der Waals surface area contributed by atoms with E-state index in [0.717, 1.165) is 49.8 Å². The minimum absolute atomic E-state index is 0.0694. The first-order valence-corrected chi connectivity index (χ1v) is 21.9. The monoisotopic (exact) mass is 905 g/mol. The number of amides is 5. The van der Waals surface area contributed by atoms with Crippen LogP contribution in [0, 0.1) is 0 Å². The van der Waals surface area contributed by atoms with Gasteiger partial charge in [-0.25, -0.2) is 0 Å². The summed E-state index contributed by atoms with van der Waals surface area (Å²) in [6.07, 6.45) is -0.257. The van der Waals surface area contributed by atoms with Crippen molar-refractivity contribution in [3.05, 3.63) is 59.7 Å². The van der Waals surface area contributed by atoms with Crippen molar-refractivity contribution in [1.29, 1.82) is 0 Å². The quantitative estimate of drug-likeness (QED) is 0.0404. The Balaban J connectivity index is 0.000000672. The molecule has 2 aromatic carbocycles. The smallest absolute Gasteiger partial charge is 0.303 e. The average molecular weight is 905 g/mol. The second-order valence-corrected chi connectivity index (χ2v) is 15.6. The summed E-state index contributed by atoms with van der Waals surface area (Å²) in [5.41, 5.74) is 1.57. The van der Waals surface area contributed by atoms with Crippen LogP contribution in [0.2, 0.25) is 0 Å². The molecule has 360 valence electrons. The number of carboxylic acids is 1. The summed E-state index contributed by atoms with van der Waals surface area (Å²) in [5.74, 6) is -2.25. The van der Waals surface area contributed by atoms with Gasteiger partial charge in [0.05, 0.1) is 18.6 Å². The van der Waals surface area contributed by atoms with Gasteiger partial charge in [0.25, 0.3) is 0 Å². The molecule has 0 bridgehead atoms. The van der Waals surface area contributed by atoms with E-state index in [4.69, 9.17) is 14.6 Å². The van der Waals surface area contributed by atoms with Gasteiger partial charge in [-0.1, -0.05) is 63.8 Å². The van der Waals surface area contributed by atoms with E-state index in [0.29, 0.717) is 25.1 Å². The zero-order valence-electron chi connectivity index (χ0n) is 38.2. The molecular formula is C45H72N6O13. The van der Waals surface area contributed by atoms with E-state index in [2.05, 4.69) is 38.8 Å². The summed E-state index contributed by atoms with van der Waals surface area (Å²) in [4.78, 5) is 72.8. The molecule has 2 aromatic rings. The number of carboxylic acid groups (broad SMARTS) is 1. The molecule has 11 N–H and O–H groups in total. The van der Waals surface area contributed by atoms with Crippen LogP contribution in [-0.4, -0.2) is 130 Å². The van der Waals surface area contributed by atoms with Gasteiger partial charge in [0.2, 0.25) is 29.5 Å². The van der Waals surface area contributed by atoms with Crippen LogP contribution < -0.4 is 41.4 Å². The number of benzene rings is 2. The van der Waals surface area contributed by atoms with E-state index in [1.165, 1.54) is 19.1 Å². The molecule has 64 heavy (non-hydrogen) atoms. The Hall–Kier alpha value is -5.34. The molecule has 4 unspecified atom stereocenters. The van der Waals surface area contributed by atoms with Gasteiger partial charge in [-0.05, 0) is 83.0 Å². The Labute approximate surface area is 376 Å². The molecule has 5 amide bonds. The molecule has 4 atom stereocenters. The molecule has 0 saturated carbocycles. The van der Waals surface area contributed by atoms with Gasteiger partial charge in [-0.3, -0.25) is 28.8 Å². The molecule has 0 spiro atoms. The molecule has 0 aliphatic carbocycles. The van der Waals surface area contributed by atoms with Crippen LogP contribution in [0.15, 0.2) is 48.5 Å². The molecule has 0 aliphatic rings. The lowest BCUT2D eigenvalue weighted by molar-refractivity contribution is -0.201. The SMILES string of the molecule is CCCCCNC(=O)C(Cc1ccc(OC(C(O)O)C(O)O)cc1)NC(=O)C(C)NC(=O)CCC(=O)O.CCCCCNC(=O)C(Cc1ccc(OC(C)C)cc1)NC(=O)C(C)NC. The van der Waals surface area contributed by atoms with Gasteiger partial charge in [0.15, 0.2) is 18.7 Å². The number of nitrogens with one attached hydrogen (secondary N) is 6. The molecule has 0 saturated heterocycles. The molecular weight excluding hydrogens is 833 g/mol. The first kappa shape index (κ1) is 56.7. The molecule has 19 heteroatoms. The van der Waals surface area contributed by atoms with E-state index in [-0.39, 0.29) is 49.0 Å². The summed E-state index contributed by atoms with van der Waals surface area (Å²) < 4.78 is 10.8. The maximum Gasteiger partial charge on any atom is 0.303 e. The number of likely N-dealkylation sites (N-methyl/N-ethyl adjacent to an activating group) is 1. The number of unbranched alkanes of at least 4 members (excludes halogenated alkanes) is 4. The van der Waals surface area contributed by atoms with Crippen LogP contribution in [0.3, 0.4) is 0 Å². The number of carbonyl (C=O) groups is 6. The number of aliphatic hydroxyl groups excluding tert-OH is 2. The predicted molar refractivity (Wildman–Crippen MR) is 239 cm³/mol. The second kappa shape index (κ2) is 31.5. The third kappa shape index (κ3) is 23.9. The highest BCUT2D eigenvalue weighted by atomic mass is 16.6. The van der Waals surface area contributed by atoms with Gasteiger partial charge >= 0.3 is 5.97 Å². The third-order valence-electron chi connectivity index (χ3n) is 9.55. The van der Waals surface area contributed by atoms with E-state index in [9.17, 15) is 49.2 Å². The van der Waals surface area contributed by atoms with Gasteiger partial charge in [0, 0.05) is 32.4 Å². The van der Waals surface area contributed by atoms with Crippen molar-refractivity contribution in [1.82, 2.24) is 31.9 Å². The molecule has 0 aromatic heterocycles. The van der Waals surface area contributed by atoms with Gasteiger partial charge in [-0.15, -0.1) is 0 Å². The lowest BCUT2D eigenvalue weighted by atomic mass is 10.0. The van der Waals surface area contributed by atoms with Crippen LogP contribution in [0.1, 0.15) is 104 Å². The van der Waals surface area contributed by atoms with Crippen molar-refractivity contribution < 1.29 is 63.8 Å². The van der Waals surface area contributed by atoms with Crippen LogP contribution in [-0.2, 0) is 41.6 Å². The lowest BCUT2D eigenvalue weighted by Gasteiger charge is -2.23. The lowest BCUT2D eigenvalue weighted by Crippen LogP contribution is -2.53. The van der Waals surface area contributed by atoms with Crippen molar-refractivity contribution in [2.24, 2.45) is 0 Å². The topological polar surface area (TPSA) is 294 Å². The third-order valence-corrected chi connectivity index (χ3v) is 9.55. The first-order valence-electron chi connectivity index (χ1n) is 21.9. The summed E-state index contributed by atoms with van der Waals surface area (Å²) in [6.45, 7) is 12.3. The van der Waals surface area contributed by atoms with Gasteiger partial charge in [-0.2, -0.15) is 0 Å². The zero-order valence-corrected chi connectivity index (χ0v) is 38.2. The molecule has 0 radical (unpaired) electrons. The maximum atomic E-state index is 12.8. The molecule has 19 nitrogen and oxygen atoms in total. The number of carbonyl (C=O) groups excluding carboxylic acids is 5. The summed E-state index contributed by atoms with van der Waals surface area (Å²) >= 11 is 0. The number of aliphatic hydroxyl groups is 4. The molecule has 2 rings (SSSR count). The highest BCUT2D eigenvalue weighted by Gasteiger charge is 2.28. The van der Waals surface area contributed by atoms with E-state index in [1.54, 1.807) is 26.1 Å². The number of hydrogen-bond acceptors (Lipinski definition) is 13. The van der Waals surface area contributed by atoms with Crippen molar-refractivity contribution >= 4 is 35.5 Å². The number of ether oxygens (including phenoxy) is 2. The van der Waals surface area contributed by atoms with Crippen molar-refractivity contribution in [3.63, 3.8) is 0 Å². The largest absolute Gasteiger partial charge is 0.491 e. The van der Waals surface area contributed by atoms with Crippen molar-refractivity contribution in [2.75, 3.05) is 20.1 Å². The minimum Gasteiger partial charge on any atom is -0.491 e. The number of hydrogen-bond donors (Lipinski definition) is 11. The van der Waals surface area contributed by atoms with Crippen LogP contribution in [0.5, 0.6) is 11.5 Å². The van der Waals surface area contributed by atoms with Gasteiger partial charge in [0.1, 0.15) is 29.6 Å². The average Bonchev–Trinajstić information content (AvgIpc) is 3.24. The van der Waals surface area contributed by atoms with E-state index >= 15 is 0 Å². The molecule has 0 aliphatic heterocycles. The number of aliphatic carboxylic acids is 1.